The van der Waals surface area contributed by atoms with Crippen LogP contribution in [0.15, 0.2) is 66.0 Å². The Hall–Kier alpha value is -4.45. The quantitative estimate of drug-likeness (QED) is 0.492. The standard InChI is InChI=1S/C22H16N8O/c23-11-14-12-24-19-18(14)21(26-13-25-19)28-10-8-16(28)20-27-29-9-4-7-17(29)22(31)30(20)15-5-2-1-3-6-15/h1-7,9,12-13,16H,8,10H2,(H,24,25,26)/t16-/m0/s1. The molecular weight excluding hydrogens is 392 g/mol. The Balaban J connectivity index is 1.56. The van der Waals surface area contributed by atoms with Crippen LogP contribution in [0, 0.1) is 11.3 Å². The summed E-state index contributed by atoms with van der Waals surface area (Å²) < 4.78 is 3.30. The largest absolute Gasteiger partial charge is 0.345 e. The number of H-pyrrole nitrogens is 1. The van der Waals surface area contributed by atoms with Gasteiger partial charge in [-0.2, -0.15) is 10.4 Å². The number of fused-ring (bicyclic) bond motifs is 2. The van der Waals surface area contributed by atoms with E-state index in [4.69, 9.17) is 5.10 Å². The number of para-hydroxylation sites is 1. The molecule has 31 heavy (non-hydrogen) atoms. The molecule has 1 atom stereocenters. The van der Waals surface area contributed by atoms with E-state index in [2.05, 4.69) is 25.9 Å². The van der Waals surface area contributed by atoms with Crippen LogP contribution in [0.2, 0.25) is 0 Å². The number of rotatable bonds is 3. The van der Waals surface area contributed by atoms with Crippen LogP contribution in [-0.4, -0.2) is 35.7 Å². The van der Waals surface area contributed by atoms with Gasteiger partial charge in [-0.25, -0.2) is 14.5 Å². The predicted molar refractivity (Wildman–Crippen MR) is 114 cm³/mol. The maximum absolute atomic E-state index is 13.4. The third-order valence-electron chi connectivity index (χ3n) is 5.76. The summed E-state index contributed by atoms with van der Waals surface area (Å²) in [4.78, 5) is 27.2. The highest BCUT2D eigenvalue weighted by Gasteiger charge is 2.36. The number of aromatic nitrogens is 6. The molecule has 1 fully saturated rings. The number of nitrogens with one attached hydrogen (secondary N) is 1. The Labute approximate surface area is 175 Å². The molecule has 0 unspecified atom stereocenters. The maximum Gasteiger partial charge on any atom is 0.282 e. The molecule has 0 saturated carbocycles. The molecule has 9 heteroatoms. The minimum absolute atomic E-state index is 0.125. The fourth-order valence-corrected chi connectivity index (χ4v) is 4.21. The van der Waals surface area contributed by atoms with Crippen LogP contribution in [0.4, 0.5) is 5.82 Å². The Morgan fingerprint density at radius 3 is 2.77 bits per heavy atom. The molecule has 1 saturated heterocycles. The minimum atomic E-state index is -0.167. The van der Waals surface area contributed by atoms with Crippen molar-refractivity contribution in [3.63, 3.8) is 0 Å². The van der Waals surface area contributed by atoms with E-state index in [9.17, 15) is 10.1 Å². The summed E-state index contributed by atoms with van der Waals surface area (Å²) in [5.74, 6) is 1.30. The first-order valence-corrected chi connectivity index (χ1v) is 9.91. The van der Waals surface area contributed by atoms with Crippen molar-refractivity contribution in [3.8, 4) is 11.8 Å². The SMILES string of the molecule is N#Cc1c[nH]c2ncnc(N3CC[C@H]3c3nn4cccc4c(=O)n3-c3ccccc3)c12. The van der Waals surface area contributed by atoms with Gasteiger partial charge >= 0.3 is 0 Å². The molecule has 1 aliphatic heterocycles. The van der Waals surface area contributed by atoms with E-state index in [1.54, 1.807) is 27.5 Å². The molecule has 5 heterocycles. The summed E-state index contributed by atoms with van der Waals surface area (Å²) >= 11 is 0. The van der Waals surface area contributed by atoms with Crippen molar-refractivity contribution < 1.29 is 0 Å². The first-order chi connectivity index (χ1) is 15.3. The summed E-state index contributed by atoms with van der Waals surface area (Å²) in [6, 6.07) is 15.1. The monoisotopic (exact) mass is 408 g/mol. The molecule has 9 nitrogen and oxygen atoms in total. The van der Waals surface area contributed by atoms with E-state index in [0.717, 1.165) is 18.7 Å². The van der Waals surface area contributed by atoms with Crippen LogP contribution in [-0.2, 0) is 0 Å². The Morgan fingerprint density at radius 1 is 1.13 bits per heavy atom. The van der Waals surface area contributed by atoms with Crippen molar-refractivity contribution in [2.75, 3.05) is 11.4 Å². The van der Waals surface area contributed by atoms with Crippen LogP contribution < -0.4 is 10.5 Å². The molecule has 5 aromatic rings. The van der Waals surface area contributed by atoms with Gasteiger partial charge in [0.15, 0.2) is 5.82 Å². The molecule has 6 rings (SSSR count). The molecule has 150 valence electrons. The smallest absolute Gasteiger partial charge is 0.282 e. The Bertz CT molecular complexity index is 1540. The molecule has 0 bridgehead atoms. The van der Waals surface area contributed by atoms with Gasteiger partial charge in [-0.05, 0) is 30.7 Å². The third kappa shape index (κ3) is 2.48. The summed E-state index contributed by atoms with van der Waals surface area (Å²) in [7, 11) is 0. The van der Waals surface area contributed by atoms with Crippen molar-refractivity contribution in [1.29, 1.82) is 5.26 Å². The van der Waals surface area contributed by atoms with Gasteiger partial charge in [0.25, 0.3) is 5.56 Å². The van der Waals surface area contributed by atoms with Gasteiger partial charge in [0.2, 0.25) is 0 Å². The van der Waals surface area contributed by atoms with Gasteiger partial charge in [-0.3, -0.25) is 9.36 Å². The topological polar surface area (TPSA) is 108 Å². The predicted octanol–water partition coefficient (Wildman–Crippen LogP) is 2.58. The van der Waals surface area contributed by atoms with Crippen LogP contribution in [0.3, 0.4) is 0 Å². The highest BCUT2D eigenvalue weighted by molar-refractivity contribution is 5.93. The van der Waals surface area contributed by atoms with Gasteiger partial charge in [-0.15, -0.1) is 0 Å². The van der Waals surface area contributed by atoms with Crippen molar-refractivity contribution >= 4 is 22.4 Å². The van der Waals surface area contributed by atoms with Crippen molar-refractivity contribution in [2.45, 2.75) is 12.5 Å². The molecule has 1 aliphatic rings. The van der Waals surface area contributed by atoms with Gasteiger partial charge < -0.3 is 9.88 Å². The van der Waals surface area contributed by atoms with Crippen molar-refractivity contribution in [3.05, 3.63) is 82.9 Å². The summed E-state index contributed by atoms with van der Waals surface area (Å²) in [6.45, 7) is 0.737. The van der Waals surface area contributed by atoms with Gasteiger partial charge in [0.1, 0.15) is 29.4 Å². The summed E-state index contributed by atoms with van der Waals surface area (Å²) in [5.41, 5.74) is 2.25. The lowest BCUT2D eigenvalue weighted by Gasteiger charge is -2.42. The lowest BCUT2D eigenvalue weighted by Crippen LogP contribution is -2.45. The first-order valence-electron chi connectivity index (χ1n) is 9.91. The molecular formula is C22H16N8O. The number of hydrogen-bond acceptors (Lipinski definition) is 6. The molecule has 0 aliphatic carbocycles. The second-order valence-electron chi connectivity index (χ2n) is 7.41. The van der Waals surface area contributed by atoms with E-state index in [1.807, 2.05) is 36.4 Å². The summed E-state index contributed by atoms with van der Waals surface area (Å²) in [5, 5.41) is 15.0. The third-order valence-corrected chi connectivity index (χ3v) is 5.76. The molecule has 4 aromatic heterocycles. The normalized spacial score (nSPS) is 15.8. The van der Waals surface area contributed by atoms with Crippen molar-refractivity contribution in [1.82, 2.24) is 29.1 Å². The van der Waals surface area contributed by atoms with Gasteiger partial charge in [0.05, 0.1) is 22.7 Å². The minimum Gasteiger partial charge on any atom is -0.345 e. The molecule has 0 spiro atoms. The lowest BCUT2D eigenvalue weighted by molar-refractivity contribution is 0.424. The molecule has 1 aromatic carbocycles. The second-order valence-corrected chi connectivity index (χ2v) is 7.41. The number of benzene rings is 1. The average Bonchev–Trinajstić information content (AvgIpc) is 3.41. The Kier molecular flexibility index (Phi) is 3.67. The van der Waals surface area contributed by atoms with E-state index < -0.39 is 0 Å². The zero-order valence-corrected chi connectivity index (χ0v) is 16.3. The molecule has 0 amide bonds. The molecule has 0 radical (unpaired) electrons. The fraction of sp³-hybridized carbons (Fsp3) is 0.136. The molecule has 1 N–H and O–H groups in total. The van der Waals surface area contributed by atoms with E-state index in [-0.39, 0.29) is 11.6 Å². The van der Waals surface area contributed by atoms with Crippen LogP contribution in [0.5, 0.6) is 0 Å². The number of anilines is 1. The maximum atomic E-state index is 13.4. The number of hydrogen-bond donors (Lipinski definition) is 1. The lowest BCUT2D eigenvalue weighted by atomic mass is 10.0. The van der Waals surface area contributed by atoms with Crippen LogP contribution in [0.25, 0.3) is 22.2 Å². The zero-order chi connectivity index (χ0) is 20.9. The van der Waals surface area contributed by atoms with E-state index in [1.165, 1.54) is 6.33 Å². The van der Waals surface area contributed by atoms with E-state index >= 15 is 0 Å². The van der Waals surface area contributed by atoms with E-state index in [0.29, 0.717) is 33.8 Å². The zero-order valence-electron chi connectivity index (χ0n) is 16.3. The van der Waals surface area contributed by atoms with Crippen LogP contribution >= 0.6 is 0 Å². The average molecular weight is 408 g/mol. The first kappa shape index (κ1) is 17.4. The number of nitrogens with zero attached hydrogens (tertiary/aromatic N) is 7. The second kappa shape index (κ2) is 6.53. The highest BCUT2D eigenvalue weighted by Crippen LogP contribution is 2.39. The van der Waals surface area contributed by atoms with Crippen LogP contribution in [0.1, 0.15) is 23.9 Å². The summed E-state index contributed by atoms with van der Waals surface area (Å²) in [6.07, 6.45) is 5.71. The van der Waals surface area contributed by atoms with Gasteiger partial charge in [-0.1, -0.05) is 18.2 Å². The number of aromatic amines is 1. The fourth-order valence-electron chi connectivity index (χ4n) is 4.21. The number of nitriles is 1. The van der Waals surface area contributed by atoms with Crippen molar-refractivity contribution in [2.24, 2.45) is 0 Å². The highest BCUT2D eigenvalue weighted by atomic mass is 16.1. The Morgan fingerprint density at radius 2 is 2.00 bits per heavy atom. The van der Waals surface area contributed by atoms with Gasteiger partial charge in [0, 0.05) is 18.9 Å².